The zero-order chi connectivity index (χ0) is 20.8. The summed E-state index contributed by atoms with van der Waals surface area (Å²) in [6.07, 6.45) is 0.931. The molecular weight excluding hydrogens is 404 g/mol. The van der Waals surface area contributed by atoms with Gasteiger partial charge in [0.1, 0.15) is 0 Å². The van der Waals surface area contributed by atoms with Crippen LogP contribution in [0.3, 0.4) is 0 Å². The van der Waals surface area contributed by atoms with E-state index >= 15 is 0 Å². The Morgan fingerprint density at radius 2 is 2.00 bits per heavy atom. The molecule has 0 atom stereocenters. The Kier molecular flexibility index (Phi) is 7.17. The minimum atomic E-state index is -0.0334. The van der Waals surface area contributed by atoms with Crippen molar-refractivity contribution in [3.63, 3.8) is 0 Å². The first kappa shape index (κ1) is 21.2. The molecule has 3 rings (SSSR count). The van der Waals surface area contributed by atoms with Gasteiger partial charge in [-0.2, -0.15) is 0 Å². The molecule has 0 saturated carbocycles. The van der Waals surface area contributed by atoms with Crippen LogP contribution in [0.4, 0.5) is 5.69 Å². The fourth-order valence-electron chi connectivity index (χ4n) is 2.93. The third-order valence-corrected chi connectivity index (χ3v) is 6.43. The minimum Gasteiger partial charge on any atom is -0.493 e. The lowest BCUT2D eigenvalue weighted by atomic mass is 10.1. The molecule has 0 fully saturated rings. The van der Waals surface area contributed by atoms with Crippen LogP contribution in [0.1, 0.15) is 23.2 Å². The summed E-state index contributed by atoms with van der Waals surface area (Å²) in [4.78, 5) is 18.1. The average molecular weight is 429 g/mol. The van der Waals surface area contributed by atoms with E-state index in [0.717, 1.165) is 31.7 Å². The van der Waals surface area contributed by atoms with Crippen molar-refractivity contribution in [2.45, 2.75) is 35.9 Å². The number of ether oxygens (including phenoxy) is 2. The summed E-state index contributed by atoms with van der Waals surface area (Å²) in [5.74, 6) is 1.32. The number of para-hydroxylation sites is 1. The number of carbonyl (C=O) groups excluding carboxylic acids is 1. The van der Waals surface area contributed by atoms with Gasteiger partial charge in [-0.05, 0) is 55.7 Å². The third kappa shape index (κ3) is 5.52. The predicted octanol–water partition coefficient (Wildman–Crippen LogP) is 5.50. The van der Waals surface area contributed by atoms with Crippen LogP contribution in [-0.4, -0.2) is 25.1 Å². The van der Waals surface area contributed by atoms with E-state index in [0.29, 0.717) is 24.3 Å². The molecule has 0 aliphatic rings. The Bertz CT molecular complexity index is 1000. The van der Waals surface area contributed by atoms with Crippen LogP contribution in [-0.2, 0) is 11.2 Å². The molecule has 0 unspecified atom stereocenters. The van der Waals surface area contributed by atoms with Crippen LogP contribution >= 0.6 is 23.1 Å². The van der Waals surface area contributed by atoms with Gasteiger partial charge in [0.05, 0.1) is 14.2 Å². The van der Waals surface area contributed by atoms with Crippen molar-refractivity contribution in [3.8, 4) is 11.5 Å². The normalized spacial score (nSPS) is 10.6. The molecule has 5 nitrogen and oxygen atoms in total. The highest BCUT2D eigenvalue weighted by molar-refractivity contribution is 8.01. The van der Waals surface area contributed by atoms with Crippen LogP contribution < -0.4 is 14.8 Å². The van der Waals surface area contributed by atoms with Gasteiger partial charge in [0, 0.05) is 28.1 Å². The van der Waals surface area contributed by atoms with Gasteiger partial charge in [-0.1, -0.05) is 23.9 Å². The van der Waals surface area contributed by atoms with E-state index in [1.165, 1.54) is 0 Å². The van der Waals surface area contributed by atoms with Crippen LogP contribution in [0, 0.1) is 13.8 Å². The summed E-state index contributed by atoms with van der Waals surface area (Å²) in [6.45, 7) is 3.99. The van der Waals surface area contributed by atoms with Crippen molar-refractivity contribution >= 4 is 34.7 Å². The number of nitrogens with zero attached hydrogens (tertiary/aromatic N) is 1. The molecule has 1 aromatic heterocycles. The van der Waals surface area contributed by atoms with E-state index in [9.17, 15) is 4.79 Å². The van der Waals surface area contributed by atoms with Gasteiger partial charge in [0.15, 0.2) is 15.8 Å². The van der Waals surface area contributed by atoms with Gasteiger partial charge < -0.3 is 14.8 Å². The summed E-state index contributed by atoms with van der Waals surface area (Å²) in [6, 6.07) is 11.7. The molecule has 3 aromatic rings. The molecule has 0 radical (unpaired) electrons. The van der Waals surface area contributed by atoms with Crippen LogP contribution in [0.2, 0.25) is 0 Å². The molecule has 1 amide bonds. The number of hydrogen-bond donors (Lipinski definition) is 1. The van der Waals surface area contributed by atoms with Crippen molar-refractivity contribution < 1.29 is 14.3 Å². The smallest absolute Gasteiger partial charge is 0.224 e. The lowest BCUT2D eigenvalue weighted by Crippen LogP contribution is -2.13. The van der Waals surface area contributed by atoms with Gasteiger partial charge in [-0.3, -0.25) is 4.79 Å². The van der Waals surface area contributed by atoms with Crippen molar-refractivity contribution in [3.05, 3.63) is 58.6 Å². The number of anilines is 1. The first-order valence-corrected chi connectivity index (χ1v) is 10.9. The quantitative estimate of drug-likeness (QED) is 0.513. The van der Waals surface area contributed by atoms with Crippen molar-refractivity contribution in [2.75, 3.05) is 19.5 Å². The van der Waals surface area contributed by atoms with E-state index in [1.807, 2.05) is 49.6 Å². The summed E-state index contributed by atoms with van der Waals surface area (Å²) in [5.41, 5.74) is 3.83. The maximum atomic E-state index is 12.5. The maximum absolute atomic E-state index is 12.5. The highest BCUT2D eigenvalue weighted by Crippen LogP contribution is 2.33. The summed E-state index contributed by atoms with van der Waals surface area (Å²) in [5, 5.41) is 5.05. The van der Waals surface area contributed by atoms with Gasteiger partial charge in [0.2, 0.25) is 5.91 Å². The number of thiazole rings is 1. The number of benzene rings is 2. The Labute approximate surface area is 179 Å². The molecule has 29 heavy (non-hydrogen) atoms. The molecule has 0 aliphatic heterocycles. The van der Waals surface area contributed by atoms with Crippen molar-refractivity contribution in [1.29, 1.82) is 0 Å². The maximum Gasteiger partial charge on any atom is 0.224 e. The third-order valence-electron chi connectivity index (χ3n) is 4.38. The number of hydrogen-bond acceptors (Lipinski definition) is 6. The van der Waals surface area contributed by atoms with Gasteiger partial charge in [0.25, 0.3) is 0 Å². The van der Waals surface area contributed by atoms with Crippen molar-refractivity contribution in [1.82, 2.24) is 4.98 Å². The van der Waals surface area contributed by atoms with Crippen LogP contribution in [0.5, 0.6) is 11.5 Å². The van der Waals surface area contributed by atoms with Gasteiger partial charge in [-0.15, -0.1) is 11.3 Å². The molecule has 0 bridgehead atoms. The summed E-state index contributed by atoms with van der Waals surface area (Å²) < 4.78 is 11.8. The molecule has 1 heterocycles. The summed E-state index contributed by atoms with van der Waals surface area (Å²) >= 11 is 3.27. The number of amides is 1. The molecule has 0 saturated heterocycles. The van der Waals surface area contributed by atoms with Gasteiger partial charge in [-0.25, -0.2) is 4.98 Å². The first-order chi connectivity index (χ1) is 14.0. The lowest BCUT2D eigenvalue weighted by molar-refractivity contribution is -0.116. The van der Waals surface area contributed by atoms with E-state index in [4.69, 9.17) is 9.47 Å². The number of aromatic nitrogens is 1. The SMILES string of the molecule is COc1cccc(CCC(=O)Nc2ccc(Sc3nc(C)cs3)cc2C)c1OC. The first-order valence-electron chi connectivity index (χ1n) is 9.20. The number of rotatable bonds is 8. The molecule has 2 aromatic carbocycles. The zero-order valence-corrected chi connectivity index (χ0v) is 18.6. The average Bonchev–Trinajstić information content (AvgIpc) is 3.12. The minimum absolute atomic E-state index is 0.0334. The van der Waals surface area contributed by atoms with Crippen molar-refractivity contribution in [2.24, 2.45) is 0 Å². The number of nitrogens with one attached hydrogen (secondary N) is 1. The van der Waals surface area contributed by atoms with Gasteiger partial charge >= 0.3 is 0 Å². The Balaban J connectivity index is 1.61. The van der Waals surface area contributed by atoms with E-state index in [-0.39, 0.29) is 5.91 Å². The molecule has 152 valence electrons. The Morgan fingerprint density at radius 1 is 1.17 bits per heavy atom. The largest absolute Gasteiger partial charge is 0.493 e. The second-order valence-electron chi connectivity index (χ2n) is 6.53. The highest BCUT2D eigenvalue weighted by Gasteiger charge is 2.12. The predicted molar refractivity (Wildman–Crippen MR) is 119 cm³/mol. The second-order valence-corrected chi connectivity index (χ2v) is 8.71. The Hall–Kier alpha value is -2.51. The molecule has 1 N–H and O–H groups in total. The van der Waals surface area contributed by atoms with E-state index in [1.54, 1.807) is 37.3 Å². The highest BCUT2D eigenvalue weighted by atomic mass is 32.2. The molecule has 0 spiro atoms. The number of aryl methyl sites for hydroxylation is 3. The number of methoxy groups -OCH3 is 2. The zero-order valence-electron chi connectivity index (χ0n) is 16.9. The number of carbonyl (C=O) groups is 1. The molecule has 0 aliphatic carbocycles. The second kappa shape index (κ2) is 9.80. The Morgan fingerprint density at radius 3 is 2.66 bits per heavy atom. The fourth-order valence-corrected chi connectivity index (χ4v) is 4.84. The monoisotopic (exact) mass is 428 g/mol. The van der Waals surface area contributed by atoms with Crippen LogP contribution in [0.25, 0.3) is 0 Å². The molecule has 7 heteroatoms. The van der Waals surface area contributed by atoms with Crippen LogP contribution in [0.15, 0.2) is 51.0 Å². The fraction of sp³-hybridized carbons (Fsp3) is 0.273. The topological polar surface area (TPSA) is 60.5 Å². The van der Waals surface area contributed by atoms with E-state index < -0.39 is 0 Å². The standard InChI is InChI=1S/C22H24N2O3S2/c1-14-12-17(29-22-23-15(2)13-28-22)9-10-18(14)24-20(25)11-8-16-6-5-7-19(26-3)21(16)27-4/h5-7,9-10,12-13H,8,11H2,1-4H3,(H,24,25). The molecular formula is C22H24N2O3S2. The summed E-state index contributed by atoms with van der Waals surface area (Å²) in [7, 11) is 3.21. The lowest BCUT2D eigenvalue weighted by Gasteiger charge is -2.13. The van der Waals surface area contributed by atoms with E-state index in [2.05, 4.69) is 16.4 Å².